The molecule has 5 nitrogen and oxygen atoms in total. The van der Waals surface area contributed by atoms with Gasteiger partial charge in [0.25, 0.3) is 0 Å². The molecular formula is C8H4BrF3N2O3. The summed E-state index contributed by atoms with van der Waals surface area (Å²) in [5.41, 5.74) is -0.481. The predicted molar refractivity (Wildman–Crippen MR) is 53.6 cm³/mol. The Morgan fingerprint density at radius 2 is 1.94 bits per heavy atom. The SMILES string of the molecule is O=C(O)c1ccc(Br)c(NC(=O)C(F)(F)F)n1. The number of hydrogen-bond acceptors (Lipinski definition) is 3. The normalized spacial score (nSPS) is 11.1. The van der Waals surface area contributed by atoms with E-state index in [1.54, 1.807) is 0 Å². The number of anilines is 1. The first-order valence-corrected chi connectivity index (χ1v) is 4.79. The van der Waals surface area contributed by atoms with Crippen LogP contribution in [0.4, 0.5) is 19.0 Å². The molecule has 0 bridgehead atoms. The van der Waals surface area contributed by atoms with Crippen LogP contribution < -0.4 is 5.32 Å². The number of alkyl halides is 3. The van der Waals surface area contributed by atoms with E-state index in [-0.39, 0.29) is 4.47 Å². The second kappa shape index (κ2) is 4.70. The summed E-state index contributed by atoms with van der Waals surface area (Å²) in [6.07, 6.45) is -5.07. The van der Waals surface area contributed by atoms with Gasteiger partial charge in [0.05, 0.1) is 4.47 Å². The Labute approximate surface area is 101 Å². The van der Waals surface area contributed by atoms with Crippen LogP contribution in [0.2, 0.25) is 0 Å². The molecule has 0 aliphatic rings. The van der Waals surface area contributed by atoms with Crippen LogP contribution >= 0.6 is 15.9 Å². The lowest BCUT2D eigenvalue weighted by atomic mass is 10.3. The van der Waals surface area contributed by atoms with Crippen LogP contribution in [0.3, 0.4) is 0 Å². The molecule has 9 heteroatoms. The fourth-order valence-electron chi connectivity index (χ4n) is 0.827. The van der Waals surface area contributed by atoms with Crippen LogP contribution in [0.1, 0.15) is 10.5 Å². The second-order valence-corrected chi connectivity index (χ2v) is 3.64. The highest BCUT2D eigenvalue weighted by atomic mass is 79.9. The Hall–Kier alpha value is -1.64. The number of amides is 1. The monoisotopic (exact) mass is 312 g/mol. The van der Waals surface area contributed by atoms with Gasteiger partial charge in [-0.2, -0.15) is 13.2 Å². The van der Waals surface area contributed by atoms with Crippen molar-refractivity contribution in [3.05, 3.63) is 22.3 Å². The van der Waals surface area contributed by atoms with E-state index in [1.165, 1.54) is 11.4 Å². The number of carboxylic acids is 1. The maximum atomic E-state index is 12.0. The van der Waals surface area contributed by atoms with Crippen LogP contribution in [0.5, 0.6) is 0 Å². The summed E-state index contributed by atoms with van der Waals surface area (Å²) in [5, 5.41) is 10.0. The molecule has 1 rings (SSSR count). The molecule has 0 aliphatic carbocycles. The number of hydrogen-bond donors (Lipinski definition) is 2. The van der Waals surface area contributed by atoms with E-state index >= 15 is 0 Å². The summed E-state index contributed by atoms with van der Waals surface area (Å²) in [7, 11) is 0. The smallest absolute Gasteiger partial charge is 0.471 e. The molecule has 1 amide bonds. The van der Waals surface area contributed by atoms with Gasteiger partial charge in [0, 0.05) is 0 Å². The molecule has 0 aliphatic heterocycles. The number of carboxylic acid groups (broad SMARTS) is 1. The van der Waals surface area contributed by atoms with Crippen molar-refractivity contribution in [2.75, 3.05) is 5.32 Å². The van der Waals surface area contributed by atoms with Crippen molar-refractivity contribution in [2.24, 2.45) is 0 Å². The molecular weight excluding hydrogens is 309 g/mol. The van der Waals surface area contributed by atoms with Crippen molar-refractivity contribution in [3.63, 3.8) is 0 Å². The molecule has 0 fully saturated rings. The minimum Gasteiger partial charge on any atom is -0.477 e. The van der Waals surface area contributed by atoms with Crippen molar-refractivity contribution >= 4 is 33.6 Å². The van der Waals surface area contributed by atoms with Crippen LogP contribution in [-0.4, -0.2) is 28.1 Å². The third kappa shape index (κ3) is 3.41. The minimum absolute atomic E-state index is 0.0418. The average Bonchev–Trinajstić information content (AvgIpc) is 2.19. The van der Waals surface area contributed by atoms with E-state index < -0.39 is 29.6 Å². The Morgan fingerprint density at radius 1 is 1.35 bits per heavy atom. The summed E-state index contributed by atoms with van der Waals surface area (Å²) in [4.78, 5) is 24.5. The lowest BCUT2D eigenvalue weighted by Gasteiger charge is -2.09. The molecule has 0 aromatic carbocycles. The summed E-state index contributed by atoms with van der Waals surface area (Å²) in [6.45, 7) is 0. The molecule has 1 heterocycles. The third-order valence-corrected chi connectivity index (χ3v) is 2.19. The number of nitrogens with zero attached hydrogens (tertiary/aromatic N) is 1. The Balaban J connectivity index is 3.02. The van der Waals surface area contributed by atoms with Gasteiger partial charge in [0.2, 0.25) is 0 Å². The Morgan fingerprint density at radius 3 is 2.41 bits per heavy atom. The van der Waals surface area contributed by atoms with E-state index in [0.717, 1.165) is 6.07 Å². The zero-order valence-corrected chi connectivity index (χ0v) is 9.46. The first-order chi connectivity index (χ1) is 7.71. The number of aromatic nitrogens is 1. The quantitative estimate of drug-likeness (QED) is 0.876. The first-order valence-electron chi connectivity index (χ1n) is 4.00. The van der Waals surface area contributed by atoms with Crippen molar-refractivity contribution in [2.45, 2.75) is 6.18 Å². The van der Waals surface area contributed by atoms with Crippen molar-refractivity contribution < 1.29 is 27.9 Å². The van der Waals surface area contributed by atoms with Gasteiger partial charge in [-0.3, -0.25) is 4.79 Å². The highest BCUT2D eigenvalue weighted by Crippen LogP contribution is 2.23. The molecule has 0 radical (unpaired) electrons. The molecule has 0 unspecified atom stereocenters. The Bertz CT molecular complexity index is 476. The molecule has 17 heavy (non-hydrogen) atoms. The van der Waals surface area contributed by atoms with Crippen molar-refractivity contribution in [3.8, 4) is 0 Å². The fourth-order valence-corrected chi connectivity index (χ4v) is 1.15. The third-order valence-electron chi connectivity index (χ3n) is 1.55. The zero-order chi connectivity index (χ0) is 13.2. The van der Waals surface area contributed by atoms with Gasteiger partial charge < -0.3 is 10.4 Å². The van der Waals surface area contributed by atoms with Crippen LogP contribution in [0, 0.1) is 0 Å². The van der Waals surface area contributed by atoms with E-state index in [1.807, 2.05) is 0 Å². The minimum atomic E-state index is -5.07. The maximum Gasteiger partial charge on any atom is 0.471 e. The fraction of sp³-hybridized carbons (Fsp3) is 0.125. The molecule has 0 saturated carbocycles. The van der Waals surface area contributed by atoms with E-state index in [9.17, 15) is 22.8 Å². The highest BCUT2D eigenvalue weighted by molar-refractivity contribution is 9.10. The van der Waals surface area contributed by atoms with Gasteiger partial charge in [-0.25, -0.2) is 9.78 Å². The summed E-state index contributed by atoms with van der Waals surface area (Å²) >= 11 is 2.84. The number of halogens is 4. The van der Waals surface area contributed by atoms with Gasteiger partial charge >= 0.3 is 18.1 Å². The second-order valence-electron chi connectivity index (χ2n) is 2.78. The number of carbonyl (C=O) groups is 2. The van der Waals surface area contributed by atoms with Gasteiger partial charge in [0.1, 0.15) is 5.82 Å². The van der Waals surface area contributed by atoms with Crippen LogP contribution in [0.15, 0.2) is 16.6 Å². The Kier molecular flexibility index (Phi) is 3.71. The number of aromatic carboxylic acids is 1. The molecule has 92 valence electrons. The largest absolute Gasteiger partial charge is 0.477 e. The zero-order valence-electron chi connectivity index (χ0n) is 7.88. The summed E-state index contributed by atoms with van der Waals surface area (Å²) < 4.78 is 35.9. The lowest BCUT2D eigenvalue weighted by Crippen LogP contribution is -2.30. The summed E-state index contributed by atoms with van der Waals surface area (Å²) in [6, 6.07) is 2.25. The van der Waals surface area contributed by atoms with Crippen LogP contribution in [0.25, 0.3) is 0 Å². The van der Waals surface area contributed by atoms with E-state index in [2.05, 4.69) is 20.9 Å². The van der Waals surface area contributed by atoms with E-state index in [0.29, 0.717) is 0 Å². The molecule has 1 aromatic rings. The maximum absolute atomic E-state index is 12.0. The average molecular weight is 313 g/mol. The lowest BCUT2D eigenvalue weighted by molar-refractivity contribution is -0.167. The van der Waals surface area contributed by atoms with Crippen molar-refractivity contribution in [1.29, 1.82) is 0 Å². The van der Waals surface area contributed by atoms with Crippen LogP contribution in [-0.2, 0) is 4.79 Å². The molecule has 1 aromatic heterocycles. The molecule has 0 saturated heterocycles. The van der Waals surface area contributed by atoms with Gasteiger partial charge in [-0.15, -0.1) is 0 Å². The number of pyridine rings is 1. The predicted octanol–water partition coefficient (Wildman–Crippen LogP) is 2.04. The van der Waals surface area contributed by atoms with Gasteiger partial charge in [0.15, 0.2) is 5.69 Å². The van der Waals surface area contributed by atoms with Gasteiger partial charge in [-0.05, 0) is 28.1 Å². The topological polar surface area (TPSA) is 79.3 Å². The number of carbonyl (C=O) groups excluding carboxylic acids is 1. The standard InChI is InChI=1S/C8H4BrF3N2O3/c9-3-1-2-4(6(15)16)13-5(3)14-7(17)8(10,11)12/h1-2H,(H,15,16)(H,13,14,17). The molecule has 0 spiro atoms. The number of nitrogens with one attached hydrogen (secondary N) is 1. The first kappa shape index (κ1) is 13.4. The van der Waals surface area contributed by atoms with Crippen molar-refractivity contribution in [1.82, 2.24) is 4.98 Å². The van der Waals surface area contributed by atoms with Gasteiger partial charge in [-0.1, -0.05) is 0 Å². The van der Waals surface area contributed by atoms with E-state index in [4.69, 9.17) is 5.11 Å². The number of rotatable bonds is 2. The highest BCUT2D eigenvalue weighted by Gasteiger charge is 2.39. The molecule has 2 N–H and O–H groups in total. The molecule has 0 atom stereocenters. The summed E-state index contributed by atoms with van der Waals surface area (Å²) in [5.74, 6) is -4.15.